The number of ether oxygens (including phenoxy) is 1. The van der Waals surface area contributed by atoms with E-state index in [-0.39, 0.29) is 5.92 Å². The first-order valence-corrected chi connectivity index (χ1v) is 6.00. The third-order valence-corrected chi connectivity index (χ3v) is 3.24. The van der Waals surface area contributed by atoms with E-state index in [1.807, 2.05) is 38.1 Å². The lowest BCUT2D eigenvalue weighted by molar-refractivity contribution is -0.140. The average Bonchev–Trinajstić information content (AvgIpc) is 2.35. The summed E-state index contributed by atoms with van der Waals surface area (Å²) in [6, 6.07) is 7.35. The van der Waals surface area contributed by atoms with Crippen molar-refractivity contribution >= 4 is 5.97 Å². The van der Waals surface area contributed by atoms with Crippen molar-refractivity contribution in [3.8, 4) is 5.75 Å². The number of carboxylic acids is 1. The maximum atomic E-state index is 11.4. The highest BCUT2D eigenvalue weighted by molar-refractivity contribution is 5.76. The molecule has 0 aliphatic carbocycles. The van der Waals surface area contributed by atoms with Crippen molar-refractivity contribution in [2.75, 3.05) is 7.11 Å². The quantitative estimate of drug-likeness (QED) is 0.824. The van der Waals surface area contributed by atoms with Crippen molar-refractivity contribution in [2.45, 2.75) is 32.6 Å². The van der Waals surface area contributed by atoms with Gasteiger partial charge in [-0.25, -0.2) is 0 Å². The van der Waals surface area contributed by atoms with Crippen LogP contribution in [0.1, 0.15) is 38.2 Å². The van der Waals surface area contributed by atoms with E-state index >= 15 is 0 Å². The van der Waals surface area contributed by atoms with Crippen LogP contribution < -0.4 is 4.74 Å². The van der Waals surface area contributed by atoms with Crippen LogP contribution in [0.25, 0.3) is 0 Å². The molecule has 0 aromatic heterocycles. The number of carboxylic acid groups (broad SMARTS) is 1. The predicted molar refractivity (Wildman–Crippen MR) is 67.4 cm³/mol. The van der Waals surface area contributed by atoms with Crippen LogP contribution in [-0.4, -0.2) is 18.2 Å². The highest BCUT2D eigenvalue weighted by Gasteiger charge is 2.27. The molecule has 1 aromatic rings. The SMILES string of the molecule is CCC(CC)C(C(=O)O)c1cccc(OC)c1. The molecule has 94 valence electrons. The molecule has 0 saturated heterocycles. The van der Waals surface area contributed by atoms with Crippen LogP contribution in [0, 0.1) is 5.92 Å². The number of methoxy groups -OCH3 is 1. The molecule has 0 aliphatic heterocycles. The maximum Gasteiger partial charge on any atom is 0.311 e. The first kappa shape index (κ1) is 13.6. The molecule has 0 radical (unpaired) electrons. The molecule has 0 spiro atoms. The number of benzene rings is 1. The minimum Gasteiger partial charge on any atom is -0.497 e. The Hall–Kier alpha value is -1.51. The Morgan fingerprint density at radius 3 is 2.47 bits per heavy atom. The van der Waals surface area contributed by atoms with E-state index in [4.69, 9.17) is 4.74 Å². The van der Waals surface area contributed by atoms with Gasteiger partial charge in [0.05, 0.1) is 13.0 Å². The minimum absolute atomic E-state index is 0.166. The van der Waals surface area contributed by atoms with Gasteiger partial charge in [0, 0.05) is 0 Å². The first-order chi connectivity index (χ1) is 8.13. The second kappa shape index (κ2) is 6.28. The van der Waals surface area contributed by atoms with Gasteiger partial charge < -0.3 is 9.84 Å². The summed E-state index contributed by atoms with van der Waals surface area (Å²) in [5.74, 6) is -0.327. The monoisotopic (exact) mass is 236 g/mol. The van der Waals surface area contributed by atoms with Crippen LogP contribution in [-0.2, 0) is 4.79 Å². The van der Waals surface area contributed by atoms with Gasteiger partial charge in [-0.05, 0) is 23.6 Å². The zero-order chi connectivity index (χ0) is 12.8. The second-order valence-electron chi connectivity index (χ2n) is 4.17. The molecule has 0 amide bonds. The van der Waals surface area contributed by atoms with Gasteiger partial charge in [0.25, 0.3) is 0 Å². The molecule has 0 heterocycles. The predicted octanol–water partition coefficient (Wildman–Crippen LogP) is 3.30. The van der Waals surface area contributed by atoms with Crippen LogP contribution in [0.4, 0.5) is 0 Å². The molecule has 0 fully saturated rings. The molecule has 1 aromatic carbocycles. The molecular formula is C14H20O3. The minimum atomic E-state index is -0.757. The molecule has 3 heteroatoms. The van der Waals surface area contributed by atoms with Gasteiger partial charge in [-0.15, -0.1) is 0 Å². The lowest BCUT2D eigenvalue weighted by Gasteiger charge is -2.22. The lowest BCUT2D eigenvalue weighted by Crippen LogP contribution is -2.20. The number of hydrogen-bond donors (Lipinski definition) is 1. The van der Waals surface area contributed by atoms with Gasteiger partial charge in [-0.2, -0.15) is 0 Å². The smallest absolute Gasteiger partial charge is 0.311 e. The standard InChI is InChI=1S/C14H20O3/c1-4-10(5-2)13(14(15)16)11-7-6-8-12(9-11)17-3/h6-10,13H,4-5H2,1-3H3,(H,15,16). The van der Waals surface area contributed by atoms with Gasteiger partial charge in [-0.1, -0.05) is 38.8 Å². The van der Waals surface area contributed by atoms with Gasteiger partial charge in [-0.3, -0.25) is 4.79 Å². The van der Waals surface area contributed by atoms with Crippen molar-refractivity contribution in [2.24, 2.45) is 5.92 Å². The van der Waals surface area contributed by atoms with E-state index < -0.39 is 11.9 Å². The van der Waals surface area contributed by atoms with E-state index in [2.05, 4.69) is 0 Å². The molecule has 0 bridgehead atoms. The molecule has 3 nitrogen and oxygen atoms in total. The van der Waals surface area contributed by atoms with E-state index in [1.165, 1.54) is 0 Å². The Bertz CT molecular complexity index is 369. The van der Waals surface area contributed by atoms with Crippen LogP contribution in [0.5, 0.6) is 5.75 Å². The Labute approximate surface area is 102 Å². The lowest BCUT2D eigenvalue weighted by atomic mass is 9.82. The largest absolute Gasteiger partial charge is 0.497 e. The van der Waals surface area contributed by atoms with Crippen LogP contribution in [0.15, 0.2) is 24.3 Å². The van der Waals surface area contributed by atoms with Crippen LogP contribution in [0.2, 0.25) is 0 Å². The van der Waals surface area contributed by atoms with Crippen molar-refractivity contribution in [1.29, 1.82) is 0 Å². The van der Waals surface area contributed by atoms with Gasteiger partial charge >= 0.3 is 5.97 Å². The second-order valence-corrected chi connectivity index (χ2v) is 4.17. The average molecular weight is 236 g/mol. The molecule has 1 atom stereocenters. The highest BCUT2D eigenvalue weighted by atomic mass is 16.5. The van der Waals surface area contributed by atoms with Gasteiger partial charge in [0.1, 0.15) is 5.75 Å². The van der Waals surface area contributed by atoms with Crippen LogP contribution >= 0.6 is 0 Å². The van der Waals surface area contributed by atoms with Crippen molar-refractivity contribution in [3.05, 3.63) is 29.8 Å². The first-order valence-electron chi connectivity index (χ1n) is 6.00. The molecule has 0 saturated carbocycles. The summed E-state index contributed by atoms with van der Waals surface area (Å²) in [4.78, 5) is 11.4. The summed E-state index contributed by atoms with van der Waals surface area (Å²) in [5.41, 5.74) is 0.825. The summed E-state index contributed by atoms with van der Waals surface area (Å²) < 4.78 is 5.14. The third-order valence-electron chi connectivity index (χ3n) is 3.24. The molecule has 1 N–H and O–H groups in total. The summed E-state index contributed by atoms with van der Waals surface area (Å²) in [6.07, 6.45) is 1.73. The summed E-state index contributed by atoms with van der Waals surface area (Å²) >= 11 is 0. The number of aliphatic carboxylic acids is 1. The van der Waals surface area contributed by atoms with Crippen molar-refractivity contribution in [1.82, 2.24) is 0 Å². The molecule has 0 aliphatic rings. The fraction of sp³-hybridized carbons (Fsp3) is 0.500. The molecule has 17 heavy (non-hydrogen) atoms. The summed E-state index contributed by atoms with van der Waals surface area (Å²) in [6.45, 7) is 4.06. The normalized spacial score (nSPS) is 12.5. The summed E-state index contributed by atoms with van der Waals surface area (Å²) in [5, 5.41) is 9.38. The van der Waals surface area contributed by atoms with Crippen molar-refractivity contribution in [3.63, 3.8) is 0 Å². The Kier molecular flexibility index (Phi) is 5.01. The van der Waals surface area contributed by atoms with Crippen LogP contribution in [0.3, 0.4) is 0 Å². The number of hydrogen-bond acceptors (Lipinski definition) is 2. The molecule has 1 unspecified atom stereocenters. The van der Waals surface area contributed by atoms with E-state index in [0.29, 0.717) is 5.75 Å². The number of rotatable bonds is 6. The van der Waals surface area contributed by atoms with Crippen molar-refractivity contribution < 1.29 is 14.6 Å². The highest BCUT2D eigenvalue weighted by Crippen LogP contribution is 2.31. The topological polar surface area (TPSA) is 46.5 Å². The maximum absolute atomic E-state index is 11.4. The van der Waals surface area contributed by atoms with E-state index in [0.717, 1.165) is 18.4 Å². The van der Waals surface area contributed by atoms with Gasteiger partial charge in [0.2, 0.25) is 0 Å². The van der Waals surface area contributed by atoms with E-state index in [1.54, 1.807) is 7.11 Å². The molecular weight excluding hydrogens is 216 g/mol. The number of carbonyl (C=O) groups is 1. The fourth-order valence-electron chi connectivity index (χ4n) is 2.21. The Morgan fingerprint density at radius 1 is 1.35 bits per heavy atom. The van der Waals surface area contributed by atoms with E-state index in [9.17, 15) is 9.90 Å². The Balaban J connectivity index is 3.08. The van der Waals surface area contributed by atoms with Gasteiger partial charge in [0.15, 0.2) is 0 Å². The zero-order valence-corrected chi connectivity index (χ0v) is 10.6. The molecule has 1 rings (SSSR count). The summed E-state index contributed by atoms with van der Waals surface area (Å²) in [7, 11) is 1.59. The fourth-order valence-corrected chi connectivity index (χ4v) is 2.21. The Morgan fingerprint density at radius 2 is 2.00 bits per heavy atom. The zero-order valence-electron chi connectivity index (χ0n) is 10.6. The third kappa shape index (κ3) is 3.22.